The first-order chi connectivity index (χ1) is 22.7. The largest absolute Gasteiger partial charge is 0.573 e. The average Bonchev–Trinajstić information content (AvgIpc) is 3.43. The second-order valence-electron chi connectivity index (χ2n) is 10.3. The molecule has 0 saturated heterocycles. The average molecular weight is 743 g/mol. The summed E-state index contributed by atoms with van der Waals surface area (Å²) < 4.78 is 81.3. The molecule has 0 aliphatic carbocycles. The van der Waals surface area contributed by atoms with Crippen LogP contribution in [0.5, 0.6) is 5.75 Å². The molecule has 0 amide bonds. The highest BCUT2D eigenvalue weighted by Crippen LogP contribution is 2.35. The molecule has 6 nitrogen and oxygen atoms in total. The number of halogens is 7. The summed E-state index contributed by atoms with van der Waals surface area (Å²) in [4.78, 5) is 8.36. The van der Waals surface area contributed by atoms with Gasteiger partial charge in [0, 0.05) is 28.5 Å². The van der Waals surface area contributed by atoms with Gasteiger partial charge in [0.1, 0.15) is 5.75 Å². The molecule has 4 rings (SSSR count). The molecule has 0 saturated carbocycles. The molecule has 0 unspecified atom stereocenters. The summed E-state index contributed by atoms with van der Waals surface area (Å²) in [5.41, 5.74) is 5.43. The Labute approximate surface area is 284 Å². The van der Waals surface area contributed by atoms with Gasteiger partial charge in [-0.2, -0.15) is 18.3 Å². The van der Waals surface area contributed by atoms with E-state index in [0.29, 0.717) is 28.9 Å². The van der Waals surface area contributed by atoms with Crippen molar-refractivity contribution in [3.05, 3.63) is 106 Å². The van der Waals surface area contributed by atoms with Crippen molar-refractivity contribution in [2.45, 2.75) is 65.9 Å². The number of alkyl halides is 6. The Morgan fingerprint density at radius 2 is 1.58 bits per heavy atom. The van der Waals surface area contributed by atoms with E-state index in [1.165, 1.54) is 51.8 Å². The Morgan fingerprint density at radius 3 is 2.08 bits per heavy atom. The molecule has 0 radical (unpaired) electrons. The van der Waals surface area contributed by atoms with E-state index < -0.39 is 18.1 Å². The highest BCUT2D eigenvalue weighted by atomic mass is 79.9. The molecule has 2 N–H and O–H groups in total. The van der Waals surface area contributed by atoms with E-state index in [-0.39, 0.29) is 16.7 Å². The topological polar surface area (TPSA) is 76.4 Å². The predicted molar refractivity (Wildman–Crippen MR) is 179 cm³/mol. The van der Waals surface area contributed by atoms with Gasteiger partial charge in [-0.05, 0) is 83.6 Å². The van der Waals surface area contributed by atoms with Crippen LogP contribution in [0.1, 0.15) is 62.4 Å². The van der Waals surface area contributed by atoms with E-state index in [2.05, 4.69) is 82.2 Å². The zero-order chi connectivity index (χ0) is 35.9. The molecule has 260 valence electrons. The van der Waals surface area contributed by atoms with E-state index in [9.17, 15) is 26.3 Å². The third-order valence-corrected chi connectivity index (χ3v) is 7.17. The number of carboxylic acid groups (broad SMARTS) is 1. The Hall–Kier alpha value is -4.26. The first-order valence-electron chi connectivity index (χ1n) is 15.1. The fourth-order valence-corrected chi connectivity index (χ4v) is 4.95. The third kappa shape index (κ3) is 12.7. The second kappa shape index (κ2) is 18.9. The fraction of sp³-hybridized carbons (Fsp3) is 0.314. The predicted octanol–water partition coefficient (Wildman–Crippen LogP) is 10.6. The molecule has 0 atom stereocenters. The van der Waals surface area contributed by atoms with Gasteiger partial charge in [-0.1, -0.05) is 75.2 Å². The quantitative estimate of drug-likeness (QED) is 0.125. The van der Waals surface area contributed by atoms with Crippen molar-refractivity contribution < 1.29 is 41.0 Å². The van der Waals surface area contributed by atoms with Crippen molar-refractivity contribution in [2.75, 3.05) is 6.54 Å². The van der Waals surface area contributed by atoms with Crippen LogP contribution in [0.15, 0.2) is 83.5 Å². The van der Waals surface area contributed by atoms with Crippen LogP contribution in [-0.4, -0.2) is 34.3 Å². The first kappa shape index (κ1) is 39.9. The first-order valence-corrected chi connectivity index (χ1v) is 15.9. The van der Waals surface area contributed by atoms with Crippen LogP contribution in [0, 0.1) is 6.92 Å². The number of rotatable bonds is 10. The number of allylic oxidation sites excluding steroid dienone is 1. The Kier molecular flexibility index (Phi) is 15.7. The lowest BCUT2D eigenvalue weighted by atomic mass is 10.0. The minimum atomic E-state index is -4.78. The van der Waals surface area contributed by atoms with Crippen molar-refractivity contribution in [3.8, 4) is 22.6 Å². The number of hydrogen-bond donors (Lipinski definition) is 2. The van der Waals surface area contributed by atoms with Crippen molar-refractivity contribution in [3.63, 3.8) is 0 Å². The molecule has 3 aromatic carbocycles. The van der Waals surface area contributed by atoms with Crippen LogP contribution in [0.4, 0.5) is 26.3 Å². The van der Waals surface area contributed by atoms with E-state index in [1.807, 2.05) is 6.92 Å². The molecule has 0 bridgehead atoms. The smallest absolute Gasteiger partial charge is 0.483 e. The summed E-state index contributed by atoms with van der Waals surface area (Å²) in [7, 11) is 0. The van der Waals surface area contributed by atoms with Gasteiger partial charge in [0.05, 0.1) is 16.9 Å². The van der Waals surface area contributed by atoms with Gasteiger partial charge in [-0.3, -0.25) is 4.79 Å². The van der Waals surface area contributed by atoms with Crippen LogP contribution in [0.2, 0.25) is 0 Å². The molecule has 0 spiro atoms. The minimum absolute atomic E-state index is 0.211. The molecule has 1 aromatic heterocycles. The zero-order valence-electron chi connectivity index (χ0n) is 26.9. The Bertz CT molecular complexity index is 1600. The van der Waals surface area contributed by atoms with E-state index in [1.54, 1.807) is 6.20 Å². The molecule has 0 aliphatic heterocycles. The maximum Gasteiger partial charge on any atom is 0.573 e. The minimum Gasteiger partial charge on any atom is -0.483 e. The number of aryl methyl sites for hydroxylation is 2. The molecule has 4 aromatic rings. The van der Waals surface area contributed by atoms with E-state index >= 15 is 0 Å². The standard InChI is InChI=1S/C20H15BrF6N2O.C14H21N.CH2O2/c1-2-3-17-15(12-4-7-14(8-5-12)30-20(25,26)27)11-29(28-17)18-9-6-13(10-16(18)21)19(22,23)24;1-4-6-14(15-11-5-2)13-9-7-12(3)8-10-13;2-1-3/h4-11H,2-3H2,1H3;6-10,15H,4-5,11H2,1-3H3;1H,(H,2,3)/b;14-6+;. The fourth-order valence-electron chi connectivity index (χ4n) is 4.39. The van der Waals surface area contributed by atoms with Crippen molar-refractivity contribution in [2.24, 2.45) is 0 Å². The van der Waals surface area contributed by atoms with Gasteiger partial charge in [0.2, 0.25) is 0 Å². The lowest BCUT2D eigenvalue weighted by Crippen LogP contribution is -2.16. The van der Waals surface area contributed by atoms with Gasteiger partial charge < -0.3 is 15.2 Å². The SMILES string of the molecule is CC/C=C(/NCCC)c1ccc(C)cc1.CCCc1nn(-c2ccc(C(F)(F)F)cc2Br)cc1-c1ccc(OC(F)(F)F)cc1.O=CO. The van der Waals surface area contributed by atoms with E-state index in [4.69, 9.17) is 9.90 Å². The summed E-state index contributed by atoms with van der Waals surface area (Å²) in [5, 5.41) is 14.8. The molecule has 13 heteroatoms. The van der Waals surface area contributed by atoms with Crippen LogP contribution in [-0.2, 0) is 17.4 Å². The summed E-state index contributed by atoms with van der Waals surface area (Å²) in [6, 6.07) is 17.3. The number of nitrogens with one attached hydrogen (secondary N) is 1. The van der Waals surface area contributed by atoms with Gasteiger partial charge in [0.15, 0.2) is 0 Å². The second-order valence-corrected chi connectivity index (χ2v) is 11.2. The van der Waals surface area contributed by atoms with Gasteiger partial charge in [-0.15, -0.1) is 13.2 Å². The molecule has 48 heavy (non-hydrogen) atoms. The zero-order valence-corrected chi connectivity index (χ0v) is 28.5. The van der Waals surface area contributed by atoms with E-state index in [0.717, 1.165) is 37.9 Å². The lowest BCUT2D eigenvalue weighted by molar-refractivity contribution is -0.274. The number of carbonyl (C=O) groups is 1. The number of hydrogen-bond acceptors (Lipinski definition) is 4. The molecular weight excluding hydrogens is 704 g/mol. The summed E-state index contributed by atoms with van der Waals surface area (Å²) in [6.07, 6.45) is -1.79. The van der Waals surface area contributed by atoms with Crippen molar-refractivity contribution in [1.29, 1.82) is 0 Å². The number of ether oxygens (including phenoxy) is 1. The highest BCUT2D eigenvalue weighted by Gasteiger charge is 2.32. The normalized spacial score (nSPS) is 11.5. The third-order valence-electron chi connectivity index (χ3n) is 6.53. The van der Waals surface area contributed by atoms with Crippen LogP contribution < -0.4 is 10.1 Å². The maximum absolute atomic E-state index is 12.9. The molecule has 1 heterocycles. The lowest BCUT2D eigenvalue weighted by Gasteiger charge is -2.10. The highest BCUT2D eigenvalue weighted by molar-refractivity contribution is 9.10. The summed E-state index contributed by atoms with van der Waals surface area (Å²) in [6.45, 7) is 9.21. The molecular formula is C35H38BrF6N3O3. The summed E-state index contributed by atoms with van der Waals surface area (Å²) >= 11 is 3.16. The van der Waals surface area contributed by atoms with Gasteiger partial charge in [0.25, 0.3) is 6.47 Å². The summed E-state index contributed by atoms with van der Waals surface area (Å²) in [5.74, 6) is -0.346. The van der Waals surface area contributed by atoms with Gasteiger partial charge in [-0.25, -0.2) is 4.68 Å². The van der Waals surface area contributed by atoms with Gasteiger partial charge >= 0.3 is 12.5 Å². The molecule has 0 aliphatic rings. The van der Waals surface area contributed by atoms with Crippen LogP contribution >= 0.6 is 15.9 Å². The Morgan fingerprint density at radius 1 is 0.958 bits per heavy atom. The molecule has 0 fully saturated rings. The number of benzene rings is 3. The van der Waals surface area contributed by atoms with Crippen LogP contribution in [0.3, 0.4) is 0 Å². The van der Waals surface area contributed by atoms with Crippen molar-refractivity contribution >= 4 is 28.1 Å². The van der Waals surface area contributed by atoms with Crippen molar-refractivity contribution in [1.82, 2.24) is 15.1 Å². The number of nitrogens with zero attached hydrogens (tertiary/aromatic N) is 2. The maximum atomic E-state index is 12.9. The van der Waals surface area contributed by atoms with Crippen LogP contribution in [0.25, 0.3) is 22.5 Å². The number of aromatic nitrogens is 2. The monoisotopic (exact) mass is 741 g/mol. The Balaban J connectivity index is 0.000000372.